The van der Waals surface area contributed by atoms with Crippen LogP contribution in [0.4, 0.5) is 0 Å². The van der Waals surface area contributed by atoms with Gasteiger partial charge in [-0.15, -0.1) is 13.0 Å². The van der Waals surface area contributed by atoms with Gasteiger partial charge in [0.1, 0.15) is 12.2 Å². The molecule has 0 aromatic rings. The van der Waals surface area contributed by atoms with E-state index in [9.17, 15) is 4.57 Å². The van der Waals surface area contributed by atoms with Crippen LogP contribution in [0.15, 0.2) is 12.7 Å². The van der Waals surface area contributed by atoms with Crippen molar-refractivity contribution in [3.8, 4) is 12.3 Å². The Hall–Kier alpha value is -0.0100. The molecule has 0 aromatic carbocycles. The molecule has 0 N–H and O–H groups in total. The molecule has 0 saturated heterocycles. The van der Waals surface area contributed by atoms with Gasteiger partial charge in [0.05, 0.1) is 19.3 Å². The summed E-state index contributed by atoms with van der Waals surface area (Å²) in [5, 5.41) is 0. The first-order chi connectivity index (χ1) is 8.28. The fourth-order valence-corrected chi connectivity index (χ4v) is 2.05. The maximum atomic E-state index is 11.2. The summed E-state index contributed by atoms with van der Waals surface area (Å²) in [6.07, 6.45) is 1.90. The van der Waals surface area contributed by atoms with Crippen LogP contribution in [-0.2, 0) is 18.6 Å². The molecule has 0 saturated carbocycles. The molecule has 0 amide bonds. The second-order valence-electron chi connectivity index (χ2n) is 3.56. The van der Waals surface area contributed by atoms with Gasteiger partial charge in [-0.05, 0) is 36.3 Å². The zero-order valence-corrected chi connectivity index (χ0v) is 12.8. The molecule has 4 nitrogen and oxygen atoms in total. The lowest BCUT2D eigenvalue weighted by Gasteiger charge is -2.20. The summed E-state index contributed by atoms with van der Waals surface area (Å²) in [4.78, 5) is 0. The predicted molar refractivity (Wildman–Crippen MR) is 74.0 cm³/mol. The Morgan fingerprint density at radius 1 is 1.39 bits per heavy atom. The molecule has 0 fully saturated rings. The fraction of sp³-hybridized carbons (Fsp3) is 0.636. The standard InChI is InChI=1S/C11H17Cl2O4P/c1-5-9(3)15-7-11(17-18(12,13)14)8-16-10(4)6-2/h1,6,9-11H,2,7-8H2,3-4H3. The first kappa shape index (κ1) is 18.0. The van der Waals surface area contributed by atoms with Crippen molar-refractivity contribution in [2.24, 2.45) is 0 Å². The lowest BCUT2D eigenvalue weighted by atomic mass is 10.3. The molecule has 0 rings (SSSR count). The van der Waals surface area contributed by atoms with Gasteiger partial charge in [0, 0.05) is 0 Å². The number of hydrogen-bond acceptors (Lipinski definition) is 4. The number of rotatable bonds is 9. The van der Waals surface area contributed by atoms with E-state index in [0.29, 0.717) is 0 Å². The normalized spacial score (nSPS) is 16.6. The van der Waals surface area contributed by atoms with Crippen LogP contribution < -0.4 is 0 Å². The van der Waals surface area contributed by atoms with Crippen LogP contribution in [0.1, 0.15) is 13.8 Å². The number of ether oxygens (including phenoxy) is 2. The number of hydrogen-bond donors (Lipinski definition) is 0. The zero-order valence-electron chi connectivity index (χ0n) is 10.3. The molecule has 104 valence electrons. The van der Waals surface area contributed by atoms with Gasteiger partial charge in [-0.2, -0.15) is 0 Å². The second-order valence-corrected chi connectivity index (χ2v) is 7.79. The number of terminal acetylenes is 1. The van der Waals surface area contributed by atoms with E-state index in [4.69, 9.17) is 42.9 Å². The van der Waals surface area contributed by atoms with Crippen LogP contribution in [0.2, 0.25) is 0 Å². The summed E-state index contributed by atoms with van der Waals surface area (Å²) in [5.74, 6) is 2.39. The molecule has 0 aliphatic carbocycles. The van der Waals surface area contributed by atoms with Gasteiger partial charge in [0.15, 0.2) is 0 Å². The van der Waals surface area contributed by atoms with Crippen LogP contribution in [0.25, 0.3) is 0 Å². The lowest BCUT2D eigenvalue weighted by molar-refractivity contribution is -0.0227. The zero-order chi connectivity index (χ0) is 14.2. The molecule has 3 atom stereocenters. The monoisotopic (exact) mass is 314 g/mol. The van der Waals surface area contributed by atoms with E-state index in [-0.39, 0.29) is 19.3 Å². The van der Waals surface area contributed by atoms with Gasteiger partial charge < -0.3 is 9.47 Å². The first-order valence-electron chi connectivity index (χ1n) is 5.28. The fourth-order valence-electron chi connectivity index (χ4n) is 0.909. The summed E-state index contributed by atoms with van der Waals surface area (Å²) in [6, 6.07) is 0. The third kappa shape index (κ3) is 9.96. The predicted octanol–water partition coefficient (Wildman–Crippen LogP) is 3.59. The van der Waals surface area contributed by atoms with Gasteiger partial charge in [0.2, 0.25) is 0 Å². The summed E-state index contributed by atoms with van der Waals surface area (Å²) in [5.41, 5.74) is 0. The Labute approximate surface area is 118 Å². The molecule has 0 spiro atoms. The Bertz CT molecular complexity index is 336. The van der Waals surface area contributed by atoms with Crippen LogP contribution in [0, 0.1) is 12.3 Å². The van der Waals surface area contributed by atoms with Crippen molar-refractivity contribution in [1.82, 2.24) is 0 Å². The van der Waals surface area contributed by atoms with Crippen LogP contribution in [0.3, 0.4) is 0 Å². The third-order valence-electron chi connectivity index (χ3n) is 1.92. The Balaban J connectivity index is 4.30. The van der Waals surface area contributed by atoms with Gasteiger partial charge in [-0.3, -0.25) is 9.09 Å². The smallest absolute Gasteiger partial charge is 0.372 e. The third-order valence-corrected chi connectivity index (χ3v) is 2.94. The van der Waals surface area contributed by atoms with Crippen LogP contribution >= 0.6 is 28.6 Å². The van der Waals surface area contributed by atoms with Gasteiger partial charge in [-0.1, -0.05) is 12.0 Å². The van der Waals surface area contributed by atoms with E-state index in [0.717, 1.165) is 0 Å². The molecule has 3 unspecified atom stereocenters. The van der Waals surface area contributed by atoms with Crippen molar-refractivity contribution in [1.29, 1.82) is 0 Å². The van der Waals surface area contributed by atoms with E-state index >= 15 is 0 Å². The van der Waals surface area contributed by atoms with E-state index in [1.165, 1.54) is 0 Å². The first-order valence-corrected chi connectivity index (χ1v) is 8.71. The van der Waals surface area contributed by atoms with E-state index in [1.54, 1.807) is 19.9 Å². The Morgan fingerprint density at radius 3 is 2.39 bits per heavy atom. The van der Waals surface area contributed by atoms with Crippen molar-refractivity contribution >= 4 is 28.6 Å². The summed E-state index contributed by atoms with van der Waals surface area (Å²) >= 11 is 10.7. The molecular formula is C11H17Cl2O4P. The topological polar surface area (TPSA) is 44.8 Å². The second kappa shape index (κ2) is 8.98. The van der Waals surface area contributed by atoms with Gasteiger partial charge >= 0.3 is 6.07 Å². The van der Waals surface area contributed by atoms with E-state index in [1.807, 2.05) is 0 Å². The molecule has 0 aliphatic rings. The summed E-state index contributed by atoms with van der Waals surface area (Å²) in [6.45, 7) is 7.27. The maximum absolute atomic E-state index is 11.2. The maximum Gasteiger partial charge on any atom is 0.380 e. The summed E-state index contributed by atoms with van der Waals surface area (Å²) in [7, 11) is 0. The quantitative estimate of drug-likeness (QED) is 0.370. The number of halogens is 2. The molecule has 18 heavy (non-hydrogen) atoms. The summed E-state index contributed by atoms with van der Waals surface area (Å²) < 4.78 is 26.8. The Morgan fingerprint density at radius 2 is 1.94 bits per heavy atom. The highest BCUT2D eigenvalue weighted by molar-refractivity contribution is 8.05. The molecule has 7 heteroatoms. The highest BCUT2D eigenvalue weighted by Gasteiger charge is 2.23. The van der Waals surface area contributed by atoms with Gasteiger partial charge in [-0.25, -0.2) is 0 Å². The minimum absolute atomic E-state index is 0.0820. The molecule has 0 bridgehead atoms. The minimum atomic E-state index is -3.65. The highest BCUT2D eigenvalue weighted by Crippen LogP contribution is 2.58. The van der Waals surface area contributed by atoms with Crippen molar-refractivity contribution in [2.45, 2.75) is 32.2 Å². The molecule has 0 aliphatic heterocycles. The highest BCUT2D eigenvalue weighted by atomic mass is 35.9. The van der Waals surface area contributed by atoms with E-state index in [2.05, 4.69) is 12.5 Å². The lowest BCUT2D eigenvalue weighted by Crippen LogP contribution is -2.27. The average Bonchev–Trinajstić information content (AvgIpc) is 2.29. The van der Waals surface area contributed by atoms with Crippen molar-refractivity contribution in [3.05, 3.63) is 12.7 Å². The molecule has 0 aromatic heterocycles. The van der Waals surface area contributed by atoms with Crippen LogP contribution in [0.5, 0.6) is 0 Å². The average molecular weight is 315 g/mol. The minimum Gasteiger partial charge on any atom is -0.372 e. The SMILES string of the molecule is C#CC(C)OCC(COC(C)C=C)OP(=O)(Cl)Cl. The van der Waals surface area contributed by atoms with Crippen molar-refractivity contribution in [2.75, 3.05) is 13.2 Å². The molecule has 0 heterocycles. The molecular weight excluding hydrogens is 298 g/mol. The van der Waals surface area contributed by atoms with Crippen molar-refractivity contribution in [3.63, 3.8) is 0 Å². The molecule has 0 radical (unpaired) electrons. The van der Waals surface area contributed by atoms with Crippen LogP contribution in [-0.4, -0.2) is 31.5 Å². The Kier molecular flexibility index (Phi) is 8.98. The van der Waals surface area contributed by atoms with E-state index < -0.39 is 18.3 Å². The largest absolute Gasteiger partial charge is 0.380 e. The van der Waals surface area contributed by atoms with Gasteiger partial charge in [0.25, 0.3) is 0 Å². The van der Waals surface area contributed by atoms with Crippen molar-refractivity contribution < 1.29 is 18.6 Å².